The maximum atomic E-state index is 10.8. The summed E-state index contributed by atoms with van der Waals surface area (Å²) in [5.41, 5.74) is -2.96. The van der Waals surface area contributed by atoms with Crippen molar-refractivity contribution in [2.24, 2.45) is 0 Å². The number of carbonyl (C=O) groups excluding carboxylic acids is 1. The highest BCUT2D eigenvalue weighted by Crippen LogP contribution is 2.26. The molecule has 1 rings (SSSR count). The molecule has 74 valence electrons. The number of rotatable bonds is 2. The first-order valence-corrected chi connectivity index (χ1v) is 3.40. The van der Waals surface area contributed by atoms with E-state index in [1.54, 1.807) is 0 Å². The van der Waals surface area contributed by atoms with Crippen LogP contribution >= 0.6 is 0 Å². The minimum atomic E-state index is -2.96. The van der Waals surface area contributed by atoms with Gasteiger partial charge in [0, 0.05) is 0 Å². The average molecular weight is 192 g/mol. The molecular formula is C6H8O7. The van der Waals surface area contributed by atoms with Crippen molar-refractivity contribution < 1.29 is 34.8 Å². The van der Waals surface area contributed by atoms with Crippen LogP contribution in [0.2, 0.25) is 0 Å². The molecule has 13 heavy (non-hydrogen) atoms. The molecule has 0 amide bonds. The predicted molar refractivity (Wildman–Crippen MR) is 35.6 cm³/mol. The molecule has 0 bridgehead atoms. The molecule has 0 saturated carbocycles. The van der Waals surface area contributed by atoms with Crippen LogP contribution in [0.3, 0.4) is 0 Å². The summed E-state index contributed by atoms with van der Waals surface area (Å²) in [6.07, 6.45) is -3.35. The van der Waals surface area contributed by atoms with Crippen molar-refractivity contribution in [1.82, 2.24) is 0 Å². The third-order valence-corrected chi connectivity index (χ3v) is 1.86. The second kappa shape index (κ2) is 2.95. The molecule has 0 aromatic heterocycles. The predicted octanol–water partition coefficient (Wildman–Crippen LogP) is -2.92. The number of ether oxygens (including phenoxy) is 1. The molecule has 4 N–H and O–H groups in total. The Morgan fingerprint density at radius 2 is 2.15 bits per heavy atom. The van der Waals surface area contributed by atoms with E-state index < -0.39 is 36.4 Å². The molecule has 1 unspecified atom stereocenters. The van der Waals surface area contributed by atoms with Crippen LogP contribution in [-0.4, -0.2) is 56.8 Å². The second-order valence-electron chi connectivity index (χ2n) is 2.64. The lowest BCUT2D eigenvalue weighted by atomic mass is 9.96. The van der Waals surface area contributed by atoms with Crippen molar-refractivity contribution in [3.05, 3.63) is 0 Å². The lowest BCUT2D eigenvalue weighted by Crippen LogP contribution is -2.53. The Morgan fingerprint density at radius 3 is 2.38 bits per heavy atom. The lowest BCUT2D eigenvalue weighted by Gasteiger charge is -2.17. The van der Waals surface area contributed by atoms with E-state index in [4.69, 9.17) is 15.3 Å². The number of aliphatic hydroxyl groups is 3. The first-order chi connectivity index (χ1) is 5.94. The third-order valence-electron chi connectivity index (χ3n) is 1.86. The Hall–Kier alpha value is -1.18. The van der Waals surface area contributed by atoms with Gasteiger partial charge in [-0.05, 0) is 0 Å². The summed E-state index contributed by atoms with van der Waals surface area (Å²) in [7, 11) is 0. The number of aliphatic hydroxyl groups excluding tert-OH is 2. The van der Waals surface area contributed by atoms with Gasteiger partial charge in [-0.2, -0.15) is 0 Å². The molecule has 1 saturated heterocycles. The summed E-state index contributed by atoms with van der Waals surface area (Å²) in [6.45, 7) is -0.748. The fraction of sp³-hybridized carbons (Fsp3) is 0.667. The topological polar surface area (TPSA) is 124 Å². The highest BCUT2D eigenvalue weighted by Gasteiger charge is 2.61. The molecule has 0 aromatic carbocycles. The van der Waals surface area contributed by atoms with E-state index in [-0.39, 0.29) is 0 Å². The van der Waals surface area contributed by atoms with Gasteiger partial charge in [-0.3, -0.25) is 0 Å². The molecule has 0 aliphatic carbocycles. The molecule has 1 fully saturated rings. The molecule has 0 spiro atoms. The minimum absolute atomic E-state index is 0.748. The molecule has 1 aliphatic heterocycles. The zero-order chi connectivity index (χ0) is 10.2. The Kier molecular flexibility index (Phi) is 2.24. The maximum absolute atomic E-state index is 10.8. The molecule has 7 heteroatoms. The van der Waals surface area contributed by atoms with Gasteiger partial charge >= 0.3 is 11.9 Å². The van der Waals surface area contributed by atoms with E-state index in [2.05, 4.69) is 4.74 Å². The SMILES string of the molecule is O=C(O)C1(O)C(=O)O[C@@H](CO)[C@H]1O. The molecule has 7 nitrogen and oxygen atoms in total. The van der Waals surface area contributed by atoms with Gasteiger partial charge in [0.05, 0.1) is 6.61 Å². The maximum Gasteiger partial charge on any atom is 0.353 e. The molecule has 0 radical (unpaired) electrons. The van der Waals surface area contributed by atoms with Crippen LogP contribution in [0.4, 0.5) is 0 Å². The van der Waals surface area contributed by atoms with Gasteiger partial charge in [0.1, 0.15) is 6.10 Å². The number of carboxylic acids is 1. The highest BCUT2D eigenvalue weighted by molar-refractivity contribution is 6.04. The van der Waals surface area contributed by atoms with Crippen LogP contribution in [-0.2, 0) is 14.3 Å². The highest BCUT2D eigenvalue weighted by atomic mass is 16.6. The van der Waals surface area contributed by atoms with Gasteiger partial charge in [0.25, 0.3) is 5.60 Å². The van der Waals surface area contributed by atoms with Crippen molar-refractivity contribution in [1.29, 1.82) is 0 Å². The van der Waals surface area contributed by atoms with Crippen LogP contribution in [0.1, 0.15) is 0 Å². The first kappa shape index (κ1) is 9.90. The van der Waals surface area contributed by atoms with E-state index in [1.807, 2.05) is 0 Å². The molecule has 3 atom stereocenters. The summed E-state index contributed by atoms with van der Waals surface area (Å²) in [5.74, 6) is -3.37. The van der Waals surface area contributed by atoms with Crippen molar-refractivity contribution in [3.63, 3.8) is 0 Å². The number of carboxylic acid groups (broad SMARTS) is 1. The van der Waals surface area contributed by atoms with E-state index in [1.165, 1.54) is 0 Å². The van der Waals surface area contributed by atoms with Gasteiger partial charge in [-0.15, -0.1) is 0 Å². The largest absolute Gasteiger partial charge is 0.479 e. The van der Waals surface area contributed by atoms with E-state index in [9.17, 15) is 14.7 Å². The Balaban J connectivity index is 2.99. The van der Waals surface area contributed by atoms with Gasteiger partial charge in [0.2, 0.25) is 0 Å². The third kappa shape index (κ3) is 1.17. The zero-order valence-electron chi connectivity index (χ0n) is 6.38. The van der Waals surface area contributed by atoms with Crippen LogP contribution in [0.25, 0.3) is 0 Å². The molecular weight excluding hydrogens is 184 g/mol. The fourth-order valence-electron chi connectivity index (χ4n) is 1.03. The van der Waals surface area contributed by atoms with Crippen molar-refractivity contribution in [2.75, 3.05) is 6.61 Å². The van der Waals surface area contributed by atoms with E-state index in [0.29, 0.717) is 0 Å². The molecule has 1 aliphatic rings. The summed E-state index contributed by atoms with van der Waals surface area (Å²) in [5, 5.41) is 35.2. The number of hydrogen-bond donors (Lipinski definition) is 4. The quantitative estimate of drug-likeness (QED) is 0.273. The monoisotopic (exact) mass is 192 g/mol. The smallest absolute Gasteiger partial charge is 0.353 e. The zero-order valence-corrected chi connectivity index (χ0v) is 6.38. The van der Waals surface area contributed by atoms with E-state index >= 15 is 0 Å². The van der Waals surface area contributed by atoms with Gasteiger partial charge < -0.3 is 25.2 Å². The average Bonchev–Trinajstić information content (AvgIpc) is 2.30. The Labute approximate surface area is 72.2 Å². The number of aliphatic carboxylic acids is 1. The second-order valence-corrected chi connectivity index (χ2v) is 2.64. The minimum Gasteiger partial charge on any atom is -0.479 e. The van der Waals surface area contributed by atoms with Crippen molar-refractivity contribution >= 4 is 11.9 Å². The van der Waals surface area contributed by atoms with Crippen LogP contribution in [0, 0.1) is 0 Å². The van der Waals surface area contributed by atoms with Crippen molar-refractivity contribution in [3.8, 4) is 0 Å². The van der Waals surface area contributed by atoms with Gasteiger partial charge in [-0.1, -0.05) is 0 Å². The number of cyclic esters (lactones) is 1. The van der Waals surface area contributed by atoms with Gasteiger partial charge in [0.15, 0.2) is 6.10 Å². The number of carbonyl (C=O) groups is 2. The van der Waals surface area contributed by atoms with Gasteiger partial charge in [-0.25, -0.2) is 9.59 Å². The summed E-state index contributed by atoms with van der Waals surface area (Å²) in [6, 6.07) is 0. The van der Waals surface area contributed by atoms with Crippen molar-refractivity contribution in [2.45, 2.75) is 17.8 Å². The first-order valence-electron chi connectivity index (χ1n) is 3.40. The number of esters is 1. The van der Waals surface area contributed by atoms with Crippen LogP contribution in [0.15, 0.2) is 0 Å². The normalized spacial score (nSPS) is 38.8. The van der Waals surface area contributed by atoms with Crippen LogP contribution < -0.4 is 0 Å². The Bertz CT molecular complexity index is 249. The molecule has 1 heterocycles. The van der Waals surface area contributed by atoms with E-state index in [0.717, 1.165) is 0 Å². The molecule has 0 aromatic rings. The summed E-state index contributed by atoms with van der Waals surface area (Å²) >= 11 is 0. The lowest BCUT2D eigenvalue weighted by molar-refractivity contribution is -0.175. The summed E-state index contributed by atoms with van der Waals surface area (Å²) < 4.78 is 4.23. The van der Waals surface area contributed by atoms with Crippen LogP contribution in [0.5, 0.6) is 0 Å². The number of hydrogen-bond acceptors (Lipinski definition) is 6. The Morgan fingerprint density at radius 1 is 1.62 bits per heavy atom. The summed E-state index contributed by atoms with van der Waals surface area (Å²) in [4.78, 5) is 21.2. The standard InChI is InChI=1S/C6H8O7/c7-1-2-3(8)6(12,4(9)10)5(11)13-2/h2-3,7-8,12H,1H2,(H,9,10)/t2-,3+,6?/m0/s1. The fourth-order valence-corrected chi connectivity index (χ4v) is 1.03.